The van der Waals surface area contributed by atoms with Crippen molar-refractivity contribution in [3.63, 3.8) is 0 Å². The van der Waals surface area contributed by atoms with Crippen molar-refractivity contribution in [2.24, 2.45) is 0 Å². The fraction of sp³-hybridized carbons (Fsp3) is 0. The summed E-state index contributed by atoms with van der Waals surface area (Å²) in [6.07, 6.45) is 2.73. The maximum atomic E-state index is 11.4. The number of carbonyl (C=O) groups is 1. The third-order valence-corrected chi connectivity index (χ3v) is 1.90. The zero-order chi connectivity index (χ0) is 10.8. The van der Waals surface area contributed by atoms with Gasteiger partial charge in [0, 0.05) is 18.3 Å². The molecule has 6 nitrogen and oxygen atoms in total. The van der Waals surface area contributed by atoms with Crippen LogP contribution >= 0.6 is 0 Å². The van der Waals surface area contributed by atoms with Crippen molar-refractivity contribution in [1.29, 1.82) is 0 Å². The molecule has 0 aliphatic carbocycles. The molecule has 6 heteroatoms. The quantitative estimate of drug-likeness (QED) is 0.736. The lowest BCUT2D eigenvalue weighted by molar-refractivity contribution is 0.0696. The number of hydrogen-bond donors (Lipinski definition) is 2. The summed E-state index contributed by atoms with van der Waals surface area (Å²) >= 11 is 0. The molecule has 2 heterocycles. The van der Waals surface area contributed by atoms with Gasteiger partial charge in [-0.25, -0.2) is 4.79 Å². The van der Waals surface area contributed by atoms with E-state index in [0.717, 1.165) is 0 Å². The summed E-state index contributed by atoms with van der Waals surface area (Å²) in [7, 11) is 0. The van der Waals surface area contributed by atoms with E-state index in [1.54, 1.807) is 6.07 Å². The van der Waals surface area contributed by atoms with Crippen LogP contribution in [0.5, 0.6) is 0 Å². The van der Waals surface area contributed by atoms with Gasteiger partial charge in [0.2, 0.25) is 0 Å². The molecule has 15 heavy (non-hydrogen) atoms. The van der Waals surface area contributed by atoms with Gasteiger partial charge in [0.25, 0.3) is 5.56 Å². The summed E-state index contributed by atoms with van der Waals surface area (Å²) in [6.45, 7) is 0. The van der Waals surface area contributed by atoms with Crippen LogP contribution in [-0.4, -0.2) is 25.8 Å². The van der Waals surface area contributed by atoms with Gasteiger partial charge in [0.05, 0.1) is 11.8 Å². The molecule has 2 aromatic rings. The van der Waals surface area contributed by atoms with Gasteiger partial charge in [-0.05, 0) is 6.07 Å². The average molecular weight is 205 g/mol. The number of nitrogens with one attached hydrogen (secondary N) is 1. The van der Waals surface area contributed by atoms with E-state index in [4.69, 9.17) is 5.11 Å². The Balaban J connectivity index is 2.61. The Hall–Kier alpha value is -2.37. The van der Waals surface area contributed by atoms with Crippen molar-refractivity contribution < 1.29 is 9.90 Å². The molecule has 0 unspecified atom stereocenters. The number of rotatable bonds is 2. The Morgan fingerprint density at radius 3 is 2.80 bits per heavy atom. The van der Waals surface area contributed by atoms with Gasteiger partial charge in [-0.2, -0.15) is 5.10 Å². The normalized spacial score (nSPS) is 10.1. The first-order valence-electron chi connectivity index (χ1n) is 4.14. The fourth-order valence-electron chi connectivity index (χ4n) is 1.18. The molecule has 2 N–H and O–H groups in total. The number of pyridine rings is 1. The largest absolute Gasteiger partial charge is 0.478 e. The van der Waals surface area contributed by atoms with Crippen molar-refractivity contribution in [2.45, 2.75) is 0 Å². The second-order valence-corrected chi connectivity index (χ2v) is 2.87. The van der Waals surface area contributed by atoms with Crippen molar-refractivity contribution in [1.82, 2.24) is 14.8 Å². The molecule has 0 bridgehead atoms. The van der Waals surface area contributed by atoms with Gasteiger partial charge in [0.1, 0.15) is 5.82 Å². The summed E-state index contributed by atoms with van der Waals surface area (Å²) in [6, 6.07) is 4.04. The molecule has 0 saturated heterocycles. The van der Waals surface area contributed by atoms with Gasteiger partial charge in [-0.15, -0.1) is 0 Å². The van der Waals surface area contributed by atoms with E-state index in [-0.39, 0.29) is 11.1 Å². The van der Waals surface area contributed by atoms with E-state index in [0.29, 0.717) is 5.82 Å². The predicted molar refractivity (Wildman–Crippen MR) is 51.1 cm³/mol. The lowest BCUT2D eigenvalue weighted by Crippen LogP contribution is -2.18. The van der Waals surface area contributed by atoms with E-state index in [2.05, 4.69) is 10.2 Å². The van der Waals surface area contributed by atoms with Gasteiger partial charge >= 0.3 is 5.97 Å². The number of aromatic nitrogens is 3. The Bertz CT molecular complexity index is 542. The zero-order valence-electron chi connectivity index (χ0n) is 7.54. The zero-order valence-corrected chi connectivity index (χ0v) is 7.54. The van der Waals surface area contributed by atoms with Crippen LogP contribution < -0.4 is 5.56 Å². The Kier molecular flexibility index (Phi) is 2.09. The third kappa shape index (κ3) is 1.64. The molecule has 0 aliphatic rings. The number of carboxylic acid groups (broad SMARTS) is 1. The minimum atomic E-state index is -1.08. The monoisotopic (exact) mass is 205 g/mol. The van der Waals surface area contributed by atoms with Crippen molar-refractivity contribution in [3.8, 4) is 5.82 Å². The molecule has 0 spiro atoms. The number of aromatic carboxylic acids is 1. The summed E-state index contributed by atoms with van der Waals surface area (Å²) in [5.74, 6) is -0.647. The van der Waals surface area contributed by atoms with Crippen LogP contribution in [-0.2, 0) is 0 Å². The highest BCUT2D eigenvalue weighted by Gasteiger charge is 2.06. The molecule has 2 aromatic heterocycles. The second kappa shape index (κ2) is 3.41. The first-order valence-corrected chi connectivity index (χ1v) is 4.14. The molecule has 0 fully saturated rings. The molecule has 76 valence electrons. The van der Waals surface area contributed by atoms with Crippen LogP contribution in [0.25, 0.3) is 5.82 Å². The van der Waals surface area contributed by atoms with Crippen LogP contribution in [0.1, 0.15) is 10.4 Å². The molecule has 0 amide bonds. The standard InChI is InChI=1S/C9H7N3O3/c13-8-2-1-6(9(14)15)5-12(8)7-3-4-10-11-7/h1-5H,(H,10,11)(H,14,15). The second-order valence-electron chi connectivity index (χ2n) is 2.87. The maximum Gasteiger partial charge on any atom is 0.337 e. The van der Waals surface area contributed by atoms with Crippen molar-refractivity contribution in [3.05, 3.63) is 46.5 Å². The molecular formula is C9H7N3O3. The number of nitrogens with zero attached hydrogens (tertiary/aromatic N) is 2. The summed E-state index contributed by atoms with van der Waals surface area (Å²) in [5.41, 5.74) is -0.270. The van der Waals surface area contributed by atoms with Gasteiger partial charge < -0.3 is 5.11 Å². The Labute approximate surface area is 83.8 Å². The van der Waals surface area contributed by atoms with E-state index >= 15 is 0 Å². The van der Waals surface area contributed by atoms with Crippen LogP contribution in [0.2, 0.25) is 0 Å². The number of H-pyrrole nitrogens is 1. The van der Waals surface area contributed by atoms with Gasteiger partial charge in [-0.3, -0.25) is 14.5 Å². The molecule has 0 atom stereocenters. The summed E-state index contributed by atoms with van der Waals surface area (Å²) in [4.78, 5) is 22.1. The minimum absolute atomic E-state index is 0.0456. The smallest absolute Gasteiger partial charge is 0.337 e. The molecule has 0 radical (unpaired) electrons. The van der Waals surface area contributed by atoms with Crippen molar-refractivity contribution in [2.75, 3.05) is 0 Å². The fourth-order valence-corrected chi connectivity index (χ4v) is 1.18. The first kappa shape index (κ1) is 9.20. The molecule has 2 rings (SSSR count). The first-order chi connectivity index (χ1) is 7.18. The summed E-state index contributed by atoms with van der Waals surface area (Å²) < 4.78 is 1.19. The average Bonchev–Trinajstić information content (AvgIpc) is 2.71. The Morgan fingerprint density at radius 2 is 2.20 bits per heavy atom. The summed E-state index contributed by atoms with van der Waals surface area (Å²) in [5, 5.41) is 15.0. The minimum Gasteiger partial charge on any atom is -0.478 e. The highest BCUT2D eigenvalue weighted by Crippen LogP contribution is 2.01. The van der Waals surface area contributed by atoms with Gasteiger partial charge in [-0.1, -0.05) is 0 Å². The SMILES string of the molecule is O=C(O)c1ccc(=O)n(-c2ccn[nH]2)c1. The predicted octanol–water partition coefficient (Wildman–Crippen LogP) is 0.259. The highest BCUT2D eigenvalue weighted by molar-refractivity contribution is 5.87. The molecule has 0 aromatic carbocycles. The number of aromatic amines is 1. The van der Waals surface area contributed by atoms with Crippen LogP contribution in [0.3, 0.4) is 0 Å². The van der Waals surface area contributed by atoms with Gasteiger partial charge in [0.15, 0.2) is 0 Å². The lowest BCUT2D eigenvalue weighted by Gasteiger charge is -2.02. The van der Waals surface area contributed by atoms with Crippen LogP contribution in [0, 0.1) is 0 Å². The van der Waals surface area contributed by atoms with E-state index < -0.39 is 5.97 Å². The van der Waals surface area contributed by atoms with Crippen LogP contribution in [0.4, 0.5) is 0 Å². The highest BCUT2D eigenvalue weighted by atomic mass is 16.4. The molecule has 0 aliphatic heterocycles. The lowest BCUT2D eigenvalue weighted by atomic mass is 10.3. The topological polar surface area (TPSA) is 88.0 Å². The van der Waals surface area contributed by atoms with Crippen LogP contribution in [0.15, 0.2) is 35.4 Å². The number of carboxylic acids is 1. The van der Waals surface area contributed by atoms with E-state index in [1.165, 1.54) is 29.1 Å². The van der Waals surface area contributed by atoms with Crippen molar-refractivity contribution >= 4 is 5.97 Å². The van der Waals surface area contributed by atoms with E-state index in [9.17, 15) is 9.59 Å². The van der Waals surface area contributed by atoms with E-state index in [1.807, 2.05) is 0 Å². The molecule has 0 saturated carbocycles. The maximum absolute atomic E-state index is 11.4. The third-order valence-electron chi connectivity index (χ3n) is 1.90. The number of hydrogen-bond acceptors (Lipinski definition) is 3. The Morgan fingerprint density at radius 1 is 1.40 bits per heavy atom. The molecular weight excluding hydrogens is 198 g/mol.